The summed E-state index contributed by atoms with van der Waals surface area (Å²) in [4.78, 5) is 14.3. The lowest BCUT2D eigenvalue weighted by molar-refractivity contribution is -0.128. The molecule has 2 rings (SSSR count). The minimum atomic E-state index is -0.693. The van der Waals surface area contributed by atoms with Gasteiger partial charge in [-0.05, 0) is 25.5 Å². The summed E-state index contributed by atoms with van der Waals surface area (Å²) in [6.07, 6.45) is 1.45. The molecule has 1 aliphatic heterocycles. The lowest BCUT2D eigenvalue weighted by Crippen LogP contribution is -2.58. The molecule has 4 nitrogen and oxygen atoms in total. The Labute approximate surface area is 108 Å². The van der Waals surface area contributed by atoms with E-state index in [1.54, 1.807) is 0 Å². The van der Waals surface area contributed by atoms with E-state index in [1.165, 1.54) is 0 Å². The minimum absolute atomic E-state index is 0.0283. The lowest BCUT2D eigenvalue weighted by Gasteiger charge is -2.36. The third-order valence-corrected chi connectivity index (χ3v) is 3.63. The fraction of sp³-hybridized carbons (Fsp3) is 0.500. The average molecular weight is 247 g/mol. The average Bonchev–Trinajstić information content (AvgIpc) is 2.41. The number of nitrogens with one attached hydrogen (secondary N) is 1. The third-order valence-electron chi connectivity index (χ3n) is 3.63. The zero-order chi connectivity index (χ0) is 13.0. The van der Waals surface area contributed by atoms with Crippen LogP contribution in [0.15, 0.2) is 30.3 Å². The summed E-state index contributed by atoms with van der Waals surface area (Å²) in [6, 6.07) is 9.90. The van der Waals surface area contributed by atoms with Crippen molar-refractivity contribution in [2.75, 3.05) is 20.1 Å². The quantitative estimate of drug-likeness (QED) is 0.827. The molecular formula is C14H21N3O. The number of nitrogens with zero attached hydrogens (tertiary/aromatic N) is 1. The summed E-state index contributed by atoms with van der Waals surface area (Å²) < 4.78 is 0. The minimum Gasteiger partial charge on any atom is -0.350 e. The van der Waals surface area contributed by atoms with Crippen molar-refractivity contribution in [3.05, 3.63) is 35.9 Å². The molecule has 1 aromatic carbocycles. The maximum atomic E-state index is 12.1. The zero-order valence-corrected chi connectivity index (χ0v) is 10.9. The third kappa shape index (κ3) is 3.09. The molecule has 0 bridgehead atoms. The number of carbonyl (C=O) groups is 1. The molecule has 1 fully saturated rings. The van der Waals surface area contributed by atoms with E-state index < -0.39 is 5.54 Å². The summed E-state index contributed by atoms with van der Waals surface area (Å²) >= 11 is 0. The summed E-state index contributed by atoms with van der Waals surface area (Å²) in [5.74, 6) is -0.0283. The molecule has 1 heterocycles. The van der Waals surface area contributed by atoms with Gasteiger partial charge in [0.25, 0.3) is 0 Å². The molecule has 0 spiro atoms. The van der Waals surface area contributed by atoms with Crippen molar-refractivity contribution >= 4 is 5.91 Å². The predicted octanol–water partition coefficient (Wildman–Crippen LogP) is 0.726. The van der Waals surface area contributed by atoms with Crippen LogP contribution < -0.4 is 11.1 Å². The molecule has 18 heavy (non-hydrogen) atoms. The Bertz CT molecular complexity index is 397. The molecule has 4 heteroatoms. The first-order valence-electron chi connectivity index (χ1n) is 6.40. The molecule has 1 aromatic rings. The van der Waals surface area contributed by atoms with Crippen LogP contribution in [0.25, 0.3) is 0 Å². The molecule has 1 amide bonds. The van der Waals surface area contributed by atoms with Gasteiger partial charge in [-0.25, -0.2) is 0 Å². The van der Waals surface area contributed by atoms with E-state index in [1.807, 2.05) is 30.3 Å². The van der Waals surface area contributed by atoms with Gasteiger partial charge in [-0.2, -0.15) is 0 Å². The van der Waals surface area contributed by atoms with Crippen molar-refractivity contribution in [2.24, 2.45) is 5.73 Å². The van der Waals surface area contributed by atoms with Gasteiger partial charge in [0.05, 0.1) is 5.54 Å². The molecule has 0 radical (unpaired) electrons. The van der Waals surface area contributed by atoms with Gasteiger partial charge in [0.1, 0.15) is 0 Å². The highest BCUT2D eigenvalue weighted by Crippen LogP contribution is 2.18. The SMILES string of the molecule is CN1CCC(N)(C(=O)NCc2ccccc2)CC1. The van der Waals surface area contributed by atoms with E-state index in [9.17, 15) is 4.79 Å². The molecule has 98 valence electrons. The van der Waals surface area contributed by atoms with Crippen LogP contribution in [0.2, 0.25) is 0 Å². The van der Waals surface area contributed by atoms with Gasteiger partial charge in [0.2, 0.25) is 5.91 Å². The van der Waals surface area contributed by atoms with Crippen molar-refractivity contribution in [2.45, 2.75) is 24.9 Å². The number of hydrogen-bond acceptors (Lipinski definition) is 3. The largest absolute Gasteiger partial charge is 0.350 e. The van der Waals surface area contributed by atoms with Crippen LogP contribution in [-0.2, 0) is 11.3 Å². The fourth-order valence-electron chi connectivity index (χ4n) is 2.20. The zero-order valence-electron chi connectivity index (χ0n) is 10.9. The number of hydrogen-bond donors (Lipinski definition) is 2. The Morgan fingerprint density at radius 3 is 2.56 bits per heavy atom. The second kappa shape index (κ2) is 5.50. The monoisotopic (exact) mass is 247 g/mol. The second-order valence-electron chi connectivity index (χ2n) is 5.13. The summed E-state index contributed by atoms with van der Waals surface area (Å²) in [6.45, 7) is 2.32. The molecule has 0 aliphatic carbocycles. The van der Waals surface area contributed by atoms with Gasteiger partial charge in [0.15, 0.2) is 0 Å². The van der Waals surface area contributed by atoms with Gasteiger partial charge in [-0.1, -0.05) is 30.3 Å². The van der Waals surface area contributed by atoms with Crippen LogP contribution in [0.3, 0.4) is 0 Å². The van der Waals surface area contributed by atoms with Crippen molar-refractivity contribution in [3.8, 4) is 0 Å². The topological polar surface area (TPSA) is 58.4 Å². The summed E-state index contributed by atoms with van der Waals surface area (Å²) in [5, 5.41) is 2.94. The molecule has 0 atom stereocenters. The van der Waals surface area contributed by atoms with Crippen molar-refractivity contribution in [1.29, 1.82) is 0 Å². The van der Waals surface area contributed by atoms with Crippen LogP contribution in [0, 0.1) is 0 Å². The number of piperidine rings is 1. The predicted molar refractivity (Wildman–Crippen MR) is 71.9 cm³/mol. The fourth-order valence-corrected chi connectivity index (χ4v) is 2.20. The number of carbonyl (C=O) groups excluding carboxylic acids is 1. The number of benzene rings is 1. The van der Waals surface area contributed by atoms with E-state index in [-0.39, 0.29) is 5.91 Å². The lowest BCUT2D eigenvalue weighted by atomic mass is 9.88. The van der Waals surface area contributed by atoms with Gasteiger partial charge >= 0.3 is 0 Å². The van der Waals surface area contributed by atoms with E-state index in [0.29, 0.717) is 6.54 Å². The normalized spacial score (nSPS) is 19.4. The van der Waals surface area contributed by atoms with Crippen LogP contribution in [0.5, 0.6) is 0 Å². The Morgan fingerprint density at radius 2 is 1.94 bits per heavy atom. The Morgan fingerprint density at radius 1 is 1.33 bits per heavy atom. The highest BCUT2D eigenvalue weighted by atomic mass is 16.2. The number of rotatable bonds is 3. The van der Waals surface area contributed by atoms with Crippen molar-refractivity contribution in [1.82, 2.24) is 10.2 Å². The Kier molecular flexibility index (Phi) is 3.99. The van der Waals surface area contributed by atoms with Gasteiger partial charge in [-0.15, -0.1) is 0 Å². The first-order chi connectivity index (χ1) is 8.60. The van der Waals surface area contributed by atoms with E-state index >= 15 is 0 Å². The Balaban J connectivity index is 1.88. The molecule has 1 aliphatic rings. The molecule has 0 saturated carbocycles. The second-order valence-corrected chi connectivity index (χ2v) is 5.13. The standard InChI is InChI=1S/C14H21N3O/c1-17-9-7-14(15,8-10-17)13(18)16-11-12-5-3-2-4-6-12/h2-6H,7-11,15H2,1H3,(H,16,18). The maximum absolute atomic E-state index is 12.1. The molecule has 3 N–H and O–H groups in total. The summed E-state index contributed by atoms with van der Waals surface area (Å²) in [7, 11) is 2.06. The van der Waals surface area contributed by atoms with E-state index in [2.05, 4.69) is 17.3 Å². The molecule has 1 saturated heterocycles. The molecular weight excluding hydrogens is 226 g/mol. The molecule has 0 aromatic heterocycles. The van der Waals surface area contributed by atoms with Crippen LogP contribution >= 0.6 is 0 Å². The van der Waals surface area contributed by atoms with Gasteiger partial charge < -0.3 is 16.0 Å². The number of likely N-dealkylation sites (tertiary alicyclic amines) is 1. The number of nitrogens with two attached hydrogens (primary N) is 1. The van der Waals surface area contributed by atoms with E-state index in [0.717, 1.165) is 31.5 Å². The highest BCUT2D eigenvalue weighted by molar-refractivity contribution is 5.86. The Hall–Kier alpha value is -1.39. The van der Waals surface area contributed by atoms with Crippen LogP contribution in [-0.4, -0.2) is 36.5 Å². The molecule has 0 unspecified atom stereocenters. The van der Waals surface area contributed by atoms with Crippen molar-refractivity contribution in [3.63, 3.8) is 0 Å². The van der Waals surface area contributed by atoms with Crippen LogP contribution in [0.4, 0.5) is 0 Å². The van der Waals surface area contributed by atoms with E-state index in [4.69, 9.17) is 5.73 Å². The number of amides is 1. The first kappa shape index (κ1) is 13.1. The van der Waals surface area contributed by atoms with Crippen molar-refractivity contribution < 1.29 is 4.79 Å². The summed E-state index contributed by atoms with van der Waals surface area (Å²) in [5.41, 5.74) is 6.60. The first-order valence-corrected chi connectivity index (χ1v) is 6.40. The van der Waals surface area contributed by atoms with Gasteiger partial charge in [-0.3, -0.25) is 4.79 Å². The maximum Gasteiger partial charge on any atom is 0.240 e. The van der Waals surface area contributed by atoms with Gasteiger partial charge in [0, 0.05) is 19.6 Å². The highest BCUT2D eigenvalue weighted by Gasteiger charge is 2.36. The smallest absolute Gasteiger partial charge is 0.240 e. The van der Waals surface area contributed by atoms with Crippen LogP contribution in [0.1, 0.15) is 18.4 Å².